The molecule has 0 unspecified atom stereocenters. The average Bonchev–Trinajstić information content (AvgIpc) is 2.28. The van der Waals surface area contributed by atoms with Crippen LogP contribution in [0.2, 0.25) is 0 Å². The summed E-state index contributed by atoms with van der Waals surface area (Å²) in [5, 5.41) is 1.66. The Morgan fingerprint density at radius 2 is 1.88 bits per heavy atom. The van der Waals surface area contributed by atoms with Crippen molar-refractivity contribution < 1.29 is 14.4 Å². The highest BCUT2D eigenvalue weighted by molar-refractivity contribution is 5.65. The number of carbonyl (C=O) groups is 1. The minimum absolute atomic E-state index is 0.140. The molecule has 0 atom stereocenters. The van der Waals surface area contributed by atoms with Crippen LogP contribution in [0.4, 0.5) is 0 Å². The van der Waals surface area contributed by atoms with Crippen LogP contribution in [0, 0.1) is 0 Å². The van der Waals surface area contributed by atoms with Gasteiger partial charge in [-0.2, -0.15) is 0 Å². The Kier molecular flexibility index (Phi) is 4.97. The van der Waals surface area contributed by atoms with Crippen LogP contribution >= 0.6 is 0 Å². The lowest BCUT2D eigenvalue weighted by molar-refractivity contribution is -0.200. The molecular formula is C13H19NO3. The summed E-state index contributed by atoms with van der Waals surface area (Å²) in [6.45, 7) is 5.93. The lowest BCUT2D eigenvalue weighted by Crippen LogP contribution is -2.32. The molecule has 0 radical (unpaired) electrons. The molecule has 0 amide bonds. The maximum absolute atomic E-state index is 11.0. The lowest BCUT2D eigenvalue weighted by Gasteiger charge is -2.24. The normalized spacial score (nSPS) is 10.7. The van der Waals surface area contributed by atoms with Gasteiger partial charge in [0.25, 0.3) is 0 Å². The number of nitrogens with zero attached hydrogens (tertiary/aromatic N) is 1. The fraction of sp³-hybridized carbons (Fsp3) is 0.462. The van der Waals surface area contributed by atoms with Gasteiger partial charge in [-0.1, -0.05) is 12.1 Å². The predicted molar refractivity (Wildman–Crippen MR) is 65.4 cm³/mol. The summed E-state index contributed by atoms with van der Waals surface area (Å²) in [7, 11) is 1.63. The van der Waals surface area contributed by atoms with Crippen molar-refractivity contribution in [3.8, 4) is 5.75 Å². The molecule has 0 saturated carbocycles. The molecule has 4 heteroatoms. The van der Waals surface area contributed by atoms with E-state index in [1.165, 1.54) is 6.92 Å². The van der Waals surface area contributed by atoms with Gasteiger partial charge in [-0.15, -0.1) is 5.06 Å². The molecule has 0 fully saturated rings. The monoisotopic (exact) mass is 237 g/mol. The minimum atomic E-state index is -0.299. The zero-order valence-corrected chi connectivity index (χ0v) is 10.8. The van der Waals surface area contributed by atoms with Gasteiger partial charge < -0.3 is 9.57 Å². The number of ether oxygens (including phenoxy) is 1. The van der Waals surface area contributed by atoms with Crippen LogP contribution in [-0.2, 0) is 16.2 Å². The molecule has 0 N–H and O–H groups in total. The third kappa shape index (κ3) is 4.44. The van der Waals surface area contributed by atoms with Gasteiger partial charge in [0, 0.05) is 13.0 Å². The third-order valence-electron chi connectivity index (χ3n) is 2.32. The molecule has 0 saturated heterocycles. The van der Waals surface area contributed by atoms with E-state index in [4.69, 9.17) is 9.57 Å². The highest BCUT2D eigenvalue weighted by Crippen LogP contribution is 2.14. The fourth-order valence-corrected chi connectivity index (χ4v) is 1.40. The van der Waals surface area contributed by atoms with Gasteiger partial charge in [-0.3, -0.25) is 4.79 Å². The second kappa shape index (κ2) is 6.25. The van der Waals surface area contributed by atoms with Crippen LogP contribution in [0.5, 0.6) is 5.75 Å². The van der Waals surface area contributed by atoms with E-state index in [9.17, 15) is 4.79 Å². The average molecular weight is 237 g/mol. The Morgan fingerprint density at radius 1 is 1.29 bits per heavy atom. The van der Waals surface area contributed by atoms with Crippen LogP contribution in [0.3, 0.4) is 0 Å². The van der Waals surface area contributed by atoms with Crippen molar-refractivity contribution in [3.05, 3.63) is 29.8 Å². The number of benzene rings is 1. The lowest BCUT2D eigenvalue weighted by atomic mass is 10.2. The number of hydrogen-bond acceptors (Lipinski definition) is 4. The second-order valence-corrected chi connectivity index (χ2v) is 4.10. The molecule has 0 aromatic heterocycles. The molecule has 0 aliphatic carbocycles. The minimum Gasteiger partial charge on any atom is -0.497 e. The topological polar surface area (TPSA) is 38.8 Å². The van der Waals surface area contributed by atoms with E-state index in [-0.39, 0.29) is 12.0 Å². The van der Waals surface area contributed by atoms with E-state index in [1.54, 1.807) is 12.2 Å². The van der Waals surface area contributed by atoms with Gasteiger partial charge in [0.15, 0.2) is 0 Å². The Hall–Kier alpha value is -1.55. The quantitative estimate of drug-likeness (QED) is 0.737. The van der Waals surface area contributed by atoms with Crippen LogP contribution in [0.1, 0.15) is 26.3 Å². The molecule has 0 spiro atoms. The van der Waals surface area contributed by atoms with E-state index in [1.807, 2.05) is 38.1 Å². The molecule has 0 bridgehead atoms. The number of rotatable bonds is 5. The first-order valence-electron chi connectivity index (χ1n) is 5.61. The summed E-state index contributed by atoms with van der Waals surface area (Å²) in [6, 6.07) is 7.83. The Bertz CT molecular complexity index is 359. The molecule has 94 valence electrons. The molecular weight excluding hydrogens is 218 g/mol. The Balaban J connectivity index is 2.68. The largest absolute Gasteiger partial charge is 0.497 e. The van der Waals surface area contributed by atoms with Crippen molar-refractivity contribution in [3.63, 3.8) is 0 Å². The van der Waals surface area contributed by atoms with Crippen molar-refractivity contribution in [2.75, 3.05) is 7.11 Å². The highest BCUT2D eigenvalue weighted by atomic mass is 16.7. The maximum Gasteiger partial charge on any atom is 0.322 e. The van der Waals surface area contributed by atoms with Crippen LogP contribution in [0.25, 0.3) is 0 Å². The summed E-state index contributed by atoms with van der Waals surface area (Å²) in [5.41, 5.74) is 1.07. The van der Waals surface area contributed by atoms with Gasteiger partial charge in [0.05, 0.1) is 13.7 Å². The molecule has 4 nitrogen and oxygen atoms in total. The van der Waals surface area contributed by atoms with Gasteiger partial charge in [0.2, 0.25) is 0 Å². The van der Waals surface area contributed by atoms with E-state index < -0.39 is 0 Å². The summed E-state index contributed by atoms with van der Waals surface area (Å²) in [4.78, 5) is 16.1. The summed E-state index contributed by atoms with van der Waals surface area (Å²) in [5.74, 6) is 0.518. The standard InChI is InChI=1S/C13H19NO3/c1-10(2)14(17-11(3)15)9-12-5-7-13(16-4)8-6-12/h5-8,10H,9H2,1-4H3. The predicted octanol–water partition coefficient (Wildman–Crippen LogP) is 2.38. The summed E-state index contributed by atoms with van der Waals surface area (Å²) >= 11 is 0. The first-order chi connectivity index (χ1) is 8.02. The van der Waals surface area contributed by atoms with Gasteiger partial charge in [-0.25, -0.2) is 0 Å². The molecule has 1 aromatic rings. The highest BCUT2D eigenvalue weighted by Gasteiger charge is 2.13. The molecule has 1 aromatic carbocycles. The van der Waals surface area contributed by atoms with E-state index in [0.717, 1.165) is 11.3 Å². The van der Waals surface area contributed by atoms with Crippen molar-refractivity contribution in [2.24, 2.45) is 0 Å². The fourth-order valence-electron chi connectivity index (χ4n) is 1.40. The van der Waals surface area contributed by atoms with Crippen LogP contribution in [0.15, 0.2) is 24.3 Å². The van der Waals surface area contributed by atoms with Gasteiger partial charge in [-0.05, 0) is 31.5 Å². The van der Waals surface area contributed by atoms with Crippen molar-refractivity contribution in [1.29, 1.82) is 0 Å². The SMILES string of the molecule is COc1ccc(CN(OC(C)=O)C(C)C)cc1. The molecule has 17 heavy (non-hydrogen) atoms. The summed E-state index contributed by atoms with van der Waals surface area (Å²) < 4.78 is 5.09. The number of carbonyl (C=O) groups excluding carboxylic acids is 1. The number of hydrogen-bond donors (Lipinski definition) is 0. The van der Waals surface area contributed by atoms with Crippen molar-refractivity contribution in [1.82, 2.24) is 5.06 Å². The zero-order chi connectivity index (χ0) is 12.8. The maximum atomic E-state index is 11.0. The Labute approximate surface area is 102 Å². The van der Waals surface area contributed by atoms with Crippen molar-refractivity contribution >= 4 is 5.97 Å². The van der Waals surface area contributed by atoms with Crippen LogP contribution < -0.4 is 4.74 Å². The van der Waals surface area contributed by atoms with Gasteiger partial charge >= 0.3 is 5.97 Å². The first-order valence-corrected chi connectivity index (χ1v) is 5.61. The molecule has 0 aliphatic rings. The van der Waals surface area contributed by atoms with Crippen LogP contribution in [-0.4, -0.2) is 24.2 Å². The van der Waals surface area contributed by atoms with E-state index >= 15 is 0 Å². The Morgan fingerprint density at radius 3 is 2.29 bits per heavy atom. The zero-order valence-electron chi connectivity index (χ0n) is 10.8. The smallest absolute Gasteiger partial charge is 0.322 e. The molecule has 0 aliphatic heterocycles. The third-order valence-corrected chi connectivity index (χ3v) is 2.32. The number of methoxy groups -OCH3 is 1. The van der Waals surface area contributed by atoms with E-state index in [2.05, 4.69) is 0 Å². The molecule has 0 heterocycles. The second-order valence-electron chi connectivity index (χ2n) is 4.10. The number of hydroxylamine groups is 2. The molecule has 1 rings (SSSR count). The summed E-state index contributed by atoms with van der Waals surface area (Å²) in [6.07, 6.45) is 0. The van der Waals surface area contributed by atoms with Crippen molar-refractivity contribution in [2.45, 2.75) is 33.4 Å². The first kappa shape index (κ1) is 13.5. The van der Waals surface area contributed by atoms with Gasteiger partial charge in [0.1, 0.15) is 5.75 Å². The van der Waals surface area contributed by atoms with E-state index in [0.29, 0.717) is 6.54 Å².